The van der Waals surface area contributed by atoms with Crippen molar-refractivity contribution < 1.29 is 19.2 Å². The number of nitrogens with one attached hydrogen (secondary N) is 1. The quantitative estimate of drug-likeness (QED) is 0.377. The summed E-state index contributed by atoms with van der Waals surface area (Å²) in [6.45, 7) is 0. The zero-order chi connectivity index (χ0) is 21.4. The van der Waals surface area contributed by atoms with Crippen LogP contribution in [0, 0.1) is 0 Å². The Morgan fingerprint density at radius 2 is 1.55 bits per heavy atom. The number of carbonyl (C=O) groups excluding carboxylic acids is 3. The minimum Gasteiger partial charge on any atom is -0.333 e. The molecule has 8 heteroatoms. The molecule has 0 unspecified atom stereocenters. The van der Waals surface area contributed by atoms with Gasteiger partial charge in [-0.15, -0.1) is 0 Å². The number of rotatable bonds is 5. The molecule has 0 aliphatic carbocycles. The number of imidazole rings is 1. The number of amides is 2. The number of para-hydroxylation sites is 2. The molecule has 0 radical (unpaired) electrons. The van der Waals surface area contributed by atoms with Gasteiger partial charge in [-0.05, 0) is 35.9 Å². The van der Waals surface area contributed by atoms with Gasteiger partial charge in [-0.3, -0.25) is 9.59 Å². The van der Waals surface area contributed by atoms with Crippen LogP contribution in [0.3, 0.4) is 0 Å². The molecule has 1 aliphatic rings. The summed E-state index contributed by atoms with van der Waals surface area (Å²) in [7, 11) is 0. The number of nitrogens with zero attached hydrogens (tertiary/aromatic N) is 2. The highest BCUT2D eigenvalue weighted by atomic mass is 32.2. The minimum absolute atomic E-state index is 0.217. The molecular weight excluding hydrogens is 414 g/mol. The molecule has 31 heavy (non-hydrogen) atoms. The molecule has 2 heterocycles. The van der Waals surface area contributed by atoms with E-state index >= 15 is 0 Å². The smallest absolute Gasteiger partial charge is 0.333 e. The van der Waals surface area contributed by atoms with Crippen molar-refractivity contribution in [2.24, 2.45) is 0 Å². The molecule has 0 fully saturated rings. The van der Waals surface area contributed by atoms with Gasteiger partial charge in [0.1, 0.15) is 0 Å². The first kappa shape index (κ1) is 19.1. The monoisotopic (exact) mass is 429 g/mol. The maximum absolute atomic E-state index is 12.8. The van der Waals surface area contributed by atoms with Crippen molar-refractivity contribution in [3.63, 3.8) is 0 Å². The van der Waals surface area contributed by atoms with E-state index in [1.807, 2.05) is 30.3 Å². The van der Waals surface area contributed by atoms with Crippen LogP contribution in [0.2, 0.25) is 0 Å². The van der Waals surface area contributed by atoms with Crippen LogP contribution in [0.5, 0.6) is 0 Å². The highest BCUT2D eigenvalue weighted by Crippen LogP contribution is 2.27. The largest absolute Gasteiger partial charge is 0.364 e. The first-order chi connectivity index (χ1) is 15.1. The van der Waals surface area contributed by atoms with Crippen LogP contribution in [0.25, 0.3) is 11.0 Å². The molecule has 1 aliphatic heterocycles. The van der Waals surface area contributed by atoms with Gasteiger partial charge in [0.25, 0.3) is 11.8 Å². The first-order valence-electron chi connectivity index (χ1n) is 9.47. The lowest BCUT2D eigenvalue weighted by Crippen LogP contribution is -2.33. The van der Waals surface area contributed by atoms with Crippen molar-refractivity contribution in [1.29, 1.82) is 0 Å². The second-order valence-electron chi connectivity index (χ2n) is 6.83. The van der Waals surface area contributed by atoms with Gasteiger partial charge in [0, 0.05) is 5.75 Å². The fraction of sp³-hybridized carbons (Fsp3) is 0.0435. The summed E-state index contributed by atoms with van der Waals surface area (Å²) in [6.07, 6.45) is 0. The Labute approximate surface area is 181 Å². The van der Waals surface area contributed by atoms with Crippen LogP contribution < -0.4 is 0 Å². The molecule has 2 amide bonds. The predicted octanol–water partition coefficient (Wildman–Crippen LogP) is 4.22. The number of hydrogen-bond donors (Lipinski definition) is 1. The third-order valence-corrected chi connectivity index (χ3v) is 5.82. The zero-order valence-corrected chi connectivity index (χ0v) is 16.9. The van der Waals surface area contributed by atoms with Crippen LogP contribution >= 0.6 is 11.8 Å². The number of aromatic amines is 1. The van der Waals surface area contributed by atoms with Crippen LogP contribution in [-0.2, 0) is 10.6 Å². The van der Waals surface area contributed by atoms with E-state index in [2.05, 4.69) is 9.97 Å². The number of imide groups is 1. The van der Waals surface area contributed by atoms with E-state index in [9.17, 15) is 14.4 Å². The lowest BCUT2D eigenvalue weighted by Gasteiger charge is -2.14. The van der Waals surface area contributed by atoms with Crippen LogP contribution in [0.15, 0.2) is 78.0 Å². The van der Waals surface area contributed by atoms with Crippen molar-refractivity contribution in [1.82, 2.24) is 15.0 Å². The molecule has 0 saturated heterocycles. The lowest BCUT2D eigenvalue weighted by molar-refractivity contribution is -0.0585. The number of hydroxylamine groups is 2. The molecule has 7 nitrogen and oxygen atoms in total. The molecular formula is C23H15N3O4S. The highest BCUT2D eigenvalue weighted by Gasteiger charge is 2.39. The zero-order valence-electron chi connectivity index (χ0n) is 16.1. The summed E-state index contributed by atoms with van der Waals surface area (Å²) in [5, 5.41) is 1.25. The topological polar surface area (TPSA) is 92.4 Å². The Morgan fingerprint density at radius 1 is 0.903 bits per heavy atom. The Balaban J connectivity index is 1.33. The molecule has 1 aromatic heterocycles. The van der Waals surface area contributed by atoms with E-state index in [4.69, 9.17) is 4.84 Å². The van der Waals surface area contributed by atoms with Gasteiger partial charge in [0.05, 0.1) is 27.7 Å². The lowest BCUT2D eigenvalue weighted by atomic mass is 10.1. The number of fused-ring (bicyclic) bond motifs is 2. The number of thioether (sulfide) groups is 1. The van der Waals surface area contributed by atoms with Crippen molar-refractivity contribution in [3.05, 3.63) is 95.1 Å². The van der Waals surface area contributed by atoms with Crippen molar-refractivity contribution >= 4 is 40.6 Å². The molecule has 0 atom stereocenters. The third-order valence-electron chi connectivity index (χ3n) is 4.90. The predicted molar refractivity (Wildman–Crippen MR) is 114 cm³/mol. The Morgan fingerprint density at radius 3 is 2.29 bits per heavy atom. The molecule has 0 spiro atoms. The van der Waals surface area contributed by atoms with Gasteiger partial charge in [-0.25, -0.2) is 9.78 Å². The van der Waals surface area contributed by atoms with E-state index < -0.39 is 17.8 Å². The van der Waals surface area contributed by atoms with Gasteiger partial charge in [0.15, 0.2) is 5.16 Å². The highest BCUT2D eigenvalue weighted by molar-refractivity contribution is 7.98. The summed E-state index contributed by atoms with van der Waals surface area (Å²) >= 11 is 1.44. The van der Waals surface area contributed by atoms with Gasteiger partial charge in [-0.1, -0.05) is 59.3 Å². The molecule has 5 rings (SSSR count). The first-order valence-corrected chi connectivity index (χ1v) is 10.5. The summed E-state index contributed by atoms with van der Waals surface area (Å²) in [4.78, 5) is 50.7. The molecule has 3 aromatic carbocycles. The van der Waals surface area contributed by atoms with Crippen LogP contribution in [0.1, 0.15) is 36.6 Å². The Hall–Kier alpha value is -3.91. The standard InChI is InChI=1S/C23H15N3O4S/c27-20-16-9-3-4-10-17(16)21(28)26(20)30-22(29)15-8-2-1-7-14(15)13-31-23-24-18-11-5-6-12-19(18)25-23/h1-12H,13H2,(H,24,25). The average Bonchev–Trinajstić information content (AvgIpc) is 3.32. The SMILES string of the molecule is O=C(ON1C(=O)c2ccccc2C1=O)c1ccccc1CSc1nc2ccccc2[nH]1. The van der Waals surface area contributed by atoms with Gasteiger partial charge >= 0.3 is 5.97 Å². The maximum atomic E-state index is 12.8. The third kappa shape index (κ3) is 3.47. The van der Waals surface area contributed by atoms with Gasteiger partial charge < -0.3 is 9.82 Å². The summed E-state index contributed by atoms with van der Waals surface area (Å²) in [5.74, 6) is -1.62. The van der Waals surface area contributed by atoms with Crippen LogP contribution in [-0.4, -0.2) is 32.8 Å². The Kier molecular flexibility index (Phi) is 4.76. The second kappa shape index (κ2) is 7.73. The number of benzene rings is 3. The number of hydrogen-bond acceptors (Lipinski definition) is 6. The molecule has 0 bridgehead atoms. The normalized spacial score (nSPS) is 13.0. The average molecular weight is 429 g/mol. The summed E-state index contributed by atoms with van der Waals surface area (Å²) in [6, 6.07) is 21.0. The van der Waals surface area contributed by atoms with E-state index in [0.717, 1.165) is 16.2 Å². The number of aromatic nitrogens is 2. The molecule has 4 aromatic rings. The van der Waals surface area contributed by atoms with E-state index in [-0.39, 0.29) is 16.7 Å². The van der Waals surface area contributed by atoms with E-state index in [0.29, 0.717) is 16.4 Å². The van der Waals surface area contributed by atoms with Crippen molar-refractivity contribution in [2.75, 3.05) is 0 Å². The van der Waals surface area contributed by atoms with E-state index in [1.54, 1.807) is 30.3 Å². The van der Waals surface area contributed by atoms with E-state index in [1.165, 1.54) is 23.9 Å². The van der Waals surface area contributed by atoms with Crippen molar-refractivity contribution in [2.45, 2.75) is 10.9 Å². The molecule has 1 N–H and O–H groups in total. The fourth-order valence-electron chi connectivity index (χ4n) is 3.37. The van der Waals surface area contributed by atoms with Crippen LogP contribution in [0.4, 0.5) is 0 Å². The maximum Gasteiger partial charge on any atom is 0.364 e. The summed E-state index contributed by atoms with van der Waals surface area (Å²) in [5.41, 5.74) is 3.21. The number of carbonyl (C=O) groups is 3. The van der Waals surface area contributed by atoms with Crippen molar-refractivity contribution in [3.8, 4) is 0 Å². The second-order valence-corrected chi connectivity index (χ2v) is 7.80. The van der Waals surface area contributed by atoms with Gasteiger partial charge in [-0.2, -0.15) is 0 Å². The minimum atomic E-state index is -0.768. The molecule has 152 valence electrons. The molecule has 0 saturated carbocycles. The summed E-state index contributed by atoms with van der Waals surface area (Å²) < 4.78 is 0. The fourth-order valence-corrected chi connectivity index (χ4v) is 4.26. The number of H-pyrrole nitrogens is 1. The Bertz CT molecular complexity index is 1280. The van der Waals surface area contributed by atoms with Gasteiger partial charge in [0.2, 0.25) is 0 Å².